The molecule has 0 bridgehead atoms. The third-order valence-corrected chi connectivity index (χ3v) is 5.13. The van der Waals surface area contributed by atoms with Gasteiger partial charge in [-0.1, -0.05) is 29.8 Å². The molecule has 0 fully saturated rings. The van der Waals surface area contributed by atoms with Crippen molar-refractivity contribution in [1.29, 1.82) is 0 Å². The summed E-state index contributed by atoms with van der Waals surface area (Å²) in [5.41, 5.74) is 0.582. The van der Waals surface area contributed by atoms with Crippen molar-refractivity contribution in [1.82, 2.24) is 0 Å². The normalized spacial score (nSPS) is 11.2. The smallest absolute Gasteiger partial charge is 0.335 e. The molecule has 0 aliphatic carbocycles. The third-order valence-electron chi connectivity index (χ3n) is 3.17. The highest BCUT2D eigenvalue weighted by Crippen LogP contribution is 2.22. The van der Waals surface area contributed by atoms with Gasteiger partial charge in [-0.3, -0.25) is 4.31 Å². The number of anilines is 1. The van der Waals surface area contributed by atoms with Crippen LogP contribution < -0.4 is 4.31 Å². The fraction of sp³-hybridized carbons (Fsp3) is 0.133. The Morgan fingerprint density at radius 2 is 1.82 bits per heavy atom. The molecule has 0 aromatic heterocycles. The molecule has 1 N–H and O–H groups in total. The summed E-state index contributed by atoms with van der Waals surface area (Å²) in [6.45, 7) is 0. The number of nitrogens with zero attached hydrogens (tertiary/aromatic N) is 1. The van der Waals surface area contributed by atoms with Crippen LogP contribution in [0.2, 0.25) is 5.02 Å². The van der Waals surface area contributed by atoms with Gasteiger partial charge in [0.05, 0.1) is 17.0 Å². The highest BCUT2D eigenvalue weighted by molar-refractivity contribution is 7.92. The number of carbonyl (C=O) groups is 1. The number of sulfonamides is 1. The summed E-state index contributed by atoms with van der Waals surface area (Å²) in [7, 11) is -2.30. The van der Waals surface area contributed by atoms with Crippen molar-refractivity contribution >= 4 is 33.3 Å². The number of para-hydroxylation sites is 1. The van der Waals surface area contributed by atoms with Crippen molar-refractivity contribution in [3.05, 3.63) is 64.7 Å². The maximum atomic E-state index is 12.5. The quantitative estimate of drug-likeness (QED) is 0.908. The van der Waals surface area contributed by atoms with Gasteiger partial charge in [0.1, 0.15) is 0 Å². The lowest BCUT2D eigenvalue weighted by Gasteiger charge is -2.20. The van der Waals surface area contributed by atoms with Crippen molar-refractivity contribution < 1.29 is 18.3 Å². The number of hydrogen-bond acceptors (Lipinski definition) is 3. The Hall–Kier alpha value is -2.05. The van der Waals surface area contributed by atoms with E-state index in [9.17, 15) is 13.2 Å². The third kappa shape index (κ3) is 3.58. The van der Waals surface area contributed by atoms with Crippen LogP contribution in [0.1, 0.15) is 15.9 Å². The fourth-order valence-corrected chi connectivity index (χ4v) is 3.45. The number of benzene rings is 2. The van der Waals surface area contributed by atoms with E-state index in [1.807, 2.05) is 0 Å². The second-order valence-corrected chi connectivity index (χ2v) is 7.10. The maximum Gasteiger partial charge on any atom is 0.335 e. The molecule has 2 rings (SSSR count). The lowest BCUT2D eigenvalue weighted by Crippen LogP contribution is -2.28. The van der Waals surface area contributed by atoms with Crippen LogP contribution >= 0.6 is 11.6 Å². The average molecular weight is 340 g/mol. The van der Waals surface area contributed by atoms with E-state index in [1.165, 1.54) is 25.2 Å². The van der Waals surface area contributed by atoms with E-state index in [1.54, 1.807) is 30.3 Å². The topological polar surface area (TPSA) is 74.7 Å². The van der Waals surface area contributed by atoms with Gasteiger partial charge in [-0.05, 0) is 35.9 Å². The van der Waals surface area contributed by atoms with Gasteiger partial charge in [-0.2, -0.15) is 0 Å². The van der Waals surface area contributed by atoms with Crippen molar-refractivity contribution in [3.63, 3.8) is 0 Å². The van der Waals surface area contributed by atoms with E-state index < -0.39 is 21.7 Å². The van der Waals surface area contributed by atoms with E-state index in [0.717, 1.165) is 4.31 Å². The lowest BCUT2D eigenvalue weighted by atomic mass is 10.1. The summed E-state index contributed by atoms with van der Waals surface area (Å²) < 4.78 is 26.1. The average Bonchev–Trinajstić information content (AvgIpc) is 2.46. The first-order valence-electron chi connectivity index (χ1n) is 6.34. The molecular formula is C15H14ClNO4S. The van der Waals surface area contributed by atoms with E-state index in [4.69, 9.17) is 16.7 Å². The minimum Gasteiger partial charge on any atom is -0.478 e. The molecule has 0 radical (unpaired) electrons. The monoisotopic (exact) mass is 339 g/mol. The Bertz CT molecular complexity index is 790. The zero-order valence-electron chi connectivity index (χ0n) is 11.7. The number of hydrogen-bond donors (Lipinski definition) is 1. The molecule has 116 valence electrons. The Labute approximate surface area is 133 Å². The minimum atomic E-state index is -3.73. The minimum absolute atomic E-state index is 0.0746. The molecular weight excluding hydrogens is 326 g/mol. The second kappa shape index (κ2) is 6.37. The molecule has 7 heteroatoms. The molecule has 0 atom stereocenters. The number of carboxylic acids is 1. The first-order valence-corrected chi connectivity index (χ1v) is 8.33. The number of rotatable bonds is 5. The van der Waals surface area contributed by atoms with Gasteiger partial charge < -0.3 is 5.11 Å². The molecule has 2 aromatic carbocycles. The molecule has 2 aromatic rings. The first kappa shape index (κ1) is 16.3. The van der Waals surface area contributed by atoms with Crippen LogP contribution in [0, 0.1) is 0 Å². The summed E-state index contributed by atoms with van der Waals surface area (Å²) in [5, 5.41) is 9.45. The van der Waals surface area contributed by atoms with E-state index in [0.29, 0.717) is 5.69 Å². The van der Waals surface area contributed by atoms with Gasteiger partial charge in [0, 0.05) is 12.1 Å². The number of carboxylic acid groups (broad SMARTS) is 1. The van der Waals surface area contributed by atoms with E-state index in [2.05, 4.69) is 0 Å². The molecule has 22 heavy (non-hydrogen) atoms. The van der Waals surface area contributed by atoms with Gasteiger partial charge in [0.15, 0.2) is 0 Å². The van der Waals surface area contributed by atoms with Crippen molar-refractivity contribution in [2.45, 2.75) is 5.75 Å². The molecule has 0 aliphatic heterocycles. The standard InChI is InChI=1S/C15H14ClNO4S/c1-17(13-5-3-2-4-6-13)22(20,21)10-11-9-12(16)7-8-14(11)15(18)19/h2-9H,10H2,1H3,(H,18,19). The van der Waals surface area contributed by atoms with E-state index >= 15 is 0 Å². The SMILES string of the molecule is CN(c1ccccc1)S(=O)(=O)Cc1cc(Cl)ccc1C(=O)O. The van der Waals surface area contributed by atoms with Crippen LogP contribution in [0.25, 0.3) is 0 Å². The first-order chi connectivity index (χ1) is 10.3. The molecule has 0 spiro atoms. The highest BCUT2D eigenvalue weighted by Gasteiger charge is 2.22. The second-order valence-electron chi connectivity index (χ2n) is 4.67. The van der Waals surface area contributed by atoms with Gasteiger partial charge >= 0.3 is 5.97 Å². The van der Waals surface area contributed by atoms with Crippen molar-refractivity contribution in [2.75, 3.05) is 11.4 Å². The predicted molar refractivity (Wildman–Crippen MR) is 85.9 cm³/mol. The Kier molecular flexibility index (Phi) is 4.73. The summed E-state index contributed by atoms with van der Waals surface area (Å²) in [4.78, 5) is 11.2. The Morgan fingerprint density at radius 3 is 2.41 bits per heavy atom. The van der Waals surface area contributed by atoms with Crippen LogP contribution in [0.3, 0.4) is 0 Å². The van der Waals surface area contributed by atoms with Gasteiger partial charge in [-0.25, -0.2) is 13.2 Å². The number of aromatic carboxylic acids is 1. The van der Waals surface area contributed by atoms with Crippen LogP contribution in [0.4, 0.5) is 5.69 Å². The molecule has 0 amide bonds. The van der Waals surface area contributed by atoms with Crippen molar-refractivity contribution in [2.24, 2.45) is 0 Å². The molecule has 0 saturated carbocycles. The van der Waals surface area contributed by atoms with Gasteiger partial charge in [0.25, 0.3) is 0 Å². The van der Waals surface area contributed by atoms with E-state index in [-0.39, 0.29) is 16.1 Å². The number of halogens is 1. The zero-order chi connectivity index (χ0) is 16.3. The molecule has 5 nitrogen and oxygen atoms in total. The fourth-order valence-electron chi connectivity index (χ4n) is 1.98. The predicted octanol–water partition coefficient (Wildman–Crippen LogP) is 3.00. The summed E-state index contributed by atoms with van der Waals surface area (Å²) in [5.74, 6) is -1.63. The molecule has 0 aliphatic rings. The van der Waals surface area contributed by atoms with Crippen LogP contribution in [-0.4, -0.2) is 26.5 Å². The zero-order valence-corrected chi connectivity index (χ0v) is 13.3. The Balaban J connectivity index is 2.37. The van der Waals surface area contributed by atoms with Crippen LogP contribution in [0.5, 0.6) is 0 Å². The van der Waals surface area contributed by atoms with Crippen LogP contribution in [0.15, 0.2) is 48.5 Å². The van der Waals surface area contributed by atoms with Gasteiger partial charge in [0.2, 0.25) is 10.0 Å². The molecule has 0 heterocycles. The lowest BCUT2D eigenvalue weighted by molar-refractivity contribution is 0.0696. The summed E-state index contributed by atoms with van der Waals surface area (Å²) >= 11 is 5.85. The largest absolute Gasteiger partial charge is 0.478 e. The maximum absolute atomic E-state index is 12.5. The molecule has 0 saturated heterocycles. The molecule has 0 unspecified atom stereocenters. The van der Waals surface area contributed by atoms with Crippen LogP contribution in [-0.2, 0) is 15.8 Å². The summed E-state index contributed by atoms with van der Waals surface area (Å²) in [6, 6.07) is 12.6. The van der Waals surface area contributed by atoms with Crippen molar-refractivity contribution in [3.8, 4) is 0 Å². The van der Waals surface area contributed by atoms with Gasteiger partial charge in [-0.15, -0.1) is 0 Å². The summed E-state index contributed by atoms with van der Waals surface area (Å²) in [6.07, 6.45) is 0. The highest BCUT2D eigenvalue weighted by atomic mass is 35.5. The Morgan fingerprint density at radius 1 is 1.18 bits per heavy atom.